The van der Waals surface area contributed by atoms with Crippen LogP contribution in [-0.4, -0.2) is 19.6 Å². The third-order valence-electron chi connectivity index (χ3n) is 2.94. The van der Waals surface area contributed by atoms with Crippen LogP contribution in [0.15, 0.2) is 47.1 Å². The van der Waals surface area contributed by atoms with Crippen molar-refractivity contribution in [3.8, 4) is 0 Å². The van der Waals surface area contributed by atoms with Crippen LogP contribution < -0.4 is 5.32 Å². The number of nitrogens with one attached hydrogen (secondary N) is 1. The van der Waals surface area contributed by atoms with E-state index in [0.29, 0.717) is 17.3 Å². The van der Waals surface area contributed by atoms with Crippen LogP contribution in [0.2, 0.25) is 5.02 Å². The first-order valence-corrected chi connectivity index (χ1v) is 6.65. The number of amides is 1. The average Bonchev–Trinajstić information content (AvgIpc) is 2.96. The van der Waals surface area contributed by atoms with Gasteiger partial charge >= 0.3 is 0 Å². The first-order valence-electron chi connectivity index (χ1n) is 6.27. The van der Waals surface area contributed by atoms with Crippen LogP contribution >= 0.6 is 11.6 Å². The minimum atomic E-state index is -0.291. The monoisotopic (exact) mass is 293 g/mol. The van der Waals surface area contributed by atoms with Gasteiger partial charge in [-0.1, -0.05) is 29.8 Å². The van der Waals surface area contributed by atoms with Crippen molar-refractivity contribution in [1.82, 2.24) is 5.32 Å². The van der Waals surface area contributed by atoms with E-state index in [9.17, 15) is 4.79 Å². The molecular formula is C15H16ClNO3. The Hall–Kier alpha value is -1.78. The van der Waals surface area contributed by atoms with Crippen LogP contribution in [0.3, 0.4) is 0 Å². The zero-order valence-corrected chi connectivity index (χ0v) is 11.9. The van der Waals surface area contributed by atoms with Crippen molar-refractivity contribution >= 4 is 17.5 Å². The number of hydrogen-bond acceptors (Lipinski definition) is 3. The van der Waals surface area contributed by atoms with Gasteiger partial charge in [-0.15, -0.1) is 0 Å². The normalized spacial score (nSPS) is 12.1. The molecular weight excluding hydrogens is 278 g/mol. The van der Waals surface area contributed by atoms with E-state index < -0.39 is 0 Å². The lowest BCUT2D eigenvalue weighted by atomic mass is 10.1. The molecule has 0 saturated heterocycles. The number of hydrogen-bond donors (Lipinski definition) is 1. The van der Waals surface area contributed by atoms with Crippen LogP contribution in [0.5, 0.6) is 0 Å². The lowest BCUT2D eigenvalue weighted by Crippen LogP contribution is -2.30. The molecule has 0 bridgehead atoms. The molecule has 1 aromatic carbocycles. The summed E-state index contributed by atoms with van der Waals surface area (Å²) < 4.78 is 10.5. The van der Waals surface area contributed by atoms with Gasteiger partial charge in [-0.25, -0.2) is 0 Å². The molecule has 2 aromatic rings. The fourth-order valence-electron chi connectivity index (χ4n) is 1.86. The molecule has 2 rings (SSSR count). The summed E-state index contributed by atoms with van der Waals surface area (Å²) >= 11 is 6.02. The molecule has 0 aliphatic carbocycles. The third-order valence-corrected chi connectivity index (χ3v) is 3.31. The second-order valence-corrected chi connectivity index (χ2v) is 4.72. The van der Waals surface area contributed by atoms with Gasteiger partial charge < -0.3 is 14.5 Å². The van der Waals surface area contributed by atoms with Crippen LogP contribution in [0.4, 0.5) is 0 Å². The summed E-state index contributed by atoms with van der Waals surface area (Å²) in [5.41, 5.74) is 0.804. The molecule has 20 heavy (non-hydrogen) atoms. The second-order valence-electron chi connectivity index (χ2n) is 4.31. The highest BCUT2D eigenvalue weighted by Crippen LogP contribution is 2.17. The molecule has 1 atom stereocenters. The van der Waals surface area contributed by atoms with Gasteiger partial charge in [-0.05, 0) is 23.8 Å². The predicted octanol–water partition coefficient (Wildman–Crippen LogP) is 2.98. The van der Waals surface area contributed by atoms with Crippen molar-refractivity contribution < 1.29 is 13.9 Å². The fraction of sp³-hybridized carbons (Fsp3) is 0.267. The van der Waals surface area contributed by atoms with Crippen molar-refractivity contribution in [1.29, 1.82) is 0 Å². The Labute approximate surface area is 122 Å². The standard InChI is InChI=1S/C15H16ClNO3/c1-19-14(13-7-4-8-20-13)10-17-15(18)9-11-5-2-3-6-12(11)16/h2-8,14H,9-10H2,1H3,(H,17,18)/t14-/m0/s1. The highest BCUT2D eigenvalue weighted by molar-refractivity contribution is 6.31. The first-order chi connectivity index (χ1) is 9.70. The Morgan fingerprint density at radius 3 is 2.80 bits per heavy atom. The molecule has 0 aliphatic heterocycles. The van der Waals surface area contributed by atoms with Crippen LogP contribution in [0, 0.1) is 0 Å². The second kappa shape index (κ2) is 7.12. The molecule has 0 saturated carbocycles. The Morgan fingerprint density at radius 1 is 1.35 bits per heavy atom. The van der Waals surface area contributed by atoms with Gasteiger partial charge in [-0.3, -0.25) is 4.79 Å². The number of carbonyl (C=O) groups excluding carboxylic acids is 1. The lowest BCUT2D eigenvalue weighted by Gasteiger charge is -2.14. The van der Waals surface area contributed by atoms with E-state index in [0.717, 1.165) is 5.56 Å². The molecule has 5 heteroatoms. The van der Waals surface area contributed by atoms with Gasteiger partial charge in [0.25, 0.3) is 0 Å². The molecule has 4 nitrogen and oxygen atoms in total. The largest absolute Gasteiger partial charge is 0.467 e. The van der Waals surface area contributed by atoms with Gasteiger partial charge in [0.1, 0.15) is 11.9 Å². The number of furan rings is 1. The molecule has 0 unspecified atom stereocenters. The highest BCUT2D eigenvalue weighted by Gasteiger charge is 2.15. The Balaban J connectivity index is 1.87. The molecule has 1 amide bonds. The summed E-state index contributed by atoms with van der Waals surface area (Å²) in [4.78, 5) is 11.9. The fourth-order valence-corrected chi connectivity index (χ4v) is 2.06. The van der Waals surface area contributed by atoms with Crippen molar-refractivity contribution in [2.75, 3.05) is 13.7 Å². The number of halogens is 1. The molecule has 1 aromatic heterocycles. The lowest BCUT2D eigenvalue weighted by molar-refractivity contribution is -0.121. The topological polar surface area (TPSA) is 51.5 Å². The van der Waals surface area contributed by atoms with Crippen molar-refractivity contribution in [3.05, 3.63) is 59.0 Å². The number of methoxy groups -OCH3 is 1. The maximum absolute atomic E-state index is 11.9. The van der Waals surface area contributed by atoms with Crippen LogP contribution in [0.1, 0.15) is 17.4 Å². The van der Waals surface area contributed by atoms with E-state index in [1.54, 1.807) is 25.5 Å². The number of carbonyl (C=O) groups is 1. The summed E-state index contributed by atoms with van der Waals surface area (Å²) in [5, 5.41) is 3.41. The summed E-state index contributed by atoms with van der Waals surface area (Å²) in [6.45, 7) is 0.354. The van der Waals surface area contributed by atoms with E-state index in [1.807, 2.05) is 24.3 Å². The maximum Gasteiger partial charge on any atom is 0.224 e. The molecule has 0 fully saturated rings. The molecule has 1 N–H and O–H groups in total. The minimum Gasteiger partial charge on any atom is -0.467 e. The summed E-state index contributed by atoms with van der Waals surface area (Å²) in [7, 11) is 1.58. The molecule has 0 aliphatic rings. The number of ether oxygens (including phenoxy) is 1. The SMILES string of the molecule is CO[C@@H](CNC(=O)Cc1ccccc1Cl)c1ccco1. The van der Waals surface area contributed by atoms with Crippen molar-refractivity contribution in [2.24, 2.45) is 0 Å². The van der Waals surface area contributed by atoms with Gasteiger partial charge in [0.2, 0.25) is 5.91 Å². The molecule has 0 spiro atoms. The van der Waals surface area contributed by atoms with Gasteiger partial charge in [0.15, 0.2) is 0 Å². The van der Waals surface area contributed by atoms with E-state index in [-0.39, 0.29) is 18.4 Å². The van der Waals surface area contributed by atoms with Crippen molar-refractivity contribution in [2.45, 2.75) is 12.5 Å². The Morgan fingerprint density at radius 2 is 2.15 bits per heavy atom. The predicted molar refractivity (Wildman–Crippen MR) is 76.6 cm³/mol. The Kier molecular flexibility index (Phi) is 5.21. The highest BCUT2D eigenvalue weighted by atomic mass is 35.5. The summed E-state index contributed by atoms with van der Waals surface area (Å²) in [6.07, 6.45) is 1.53. The van der Waals surface area contributed by atoms with Gasteiger partial charge in [0.05, 0.1) is 19.2 Å². The van der Waals surface area contributed by atoms with Gasteiger partial charge in [0, 0.05) is 12.1 Å². The quantitative estimate of drug-likeness (QED) is 0.891. The van der Waals surface area contributed by atoms with E-state index >= 15 is 0 Å². The zero-order chi connectivity index (χ0) is 14.4. The maximum atomic E-state index is 11.9. The average molecular weight is 294 g/mol. The summed E-state index contributed by atoms with van der Waals surface area (Å²) in [6, 6.07) is 10.9. The van der Waals surface area contributed by atoms with Crippen molar-refractivity contribution in [3.63, 3.8) is 0 Å². The van der Waals surface area contributed by atoms with Crippen LogP contribution in [-0.2, 0) is 16.0 Å². The summed E-state index contributed by atoms with van der Waals surface area (Å²) in [5.74, 6) is 0.581. The van der Waals surface area contributed by atoms with E-state index in [4.69, 9.17) is 20.8 Å². The van der Waals surface area contributed by atoms with E-state index in [2.05, 4.69) is 5.32 Å². The minimum absolute atomic E-state index is 0.105. The number of rotatable bonds is 6. The zero-order valence-electron chi connectivity index (χ0n) is 11.1. The smallest absolute Gasteiger partial charge is 0.224 e. The van der Waals surface area contributed by atoms with Crippen LogP contribution in [0.25, 0.3) is 0 Å². The third kappa shape index (κ3) is 3.85. The molecule has 1 heterocycles. The molecule has 106 valence electrons. The first kappa shape index (κ1) is 14.6. The Bertz CT molecular complexity index is 554. The van der Waals surface area contributed by atoms with E-state index in [1.165, 1.54) is 0 Å². The van der Waals surface area contributed by atoms with Gasteiger partial charge in [-0.2, -0.15) is 0 Å². The number of benzene rings is 1. The molecule has 0 radical (unpaired) electrons.